The number of para-hydroxylation sites is 1. The molecule has 5 heteroatoms. The lowest BCUT2D eigenvalue weighted by atomic mass is 9.90. The van der Waals surface area contributed by atoms with Gasteiger partial charge in [0.05, 0.1) is 19.8 Å². The number of H-pyrrole nitrogens is 1. The fraction of sp³-hybridized carbons (Fsp3) is 0.348. The van der Waals surface area contributed by atoms with Crippen LogP contribution < -0.4 is 10.1 Å². The Labute approximate surface area is 165 Å². The monoisotopic (exact) mass is 378 g/mol. The molecule has 0 spiro atoms. The zero-order valence-electron chi connectivity index (χ0n) is 16.3. The number of carbonyl (C=O) groups excluding carboxylic acids is 1. The van der Waals surface area contributed by atoms with E-state index in [1.54, 1.807) is 0 Å². The van der Waals surface area contributed by atoms with Gasteiger partial charge in [-0.3, -0.25) is 10.1 Å². The van der Waals surface area contributed by atoms with Crippen molar-refractivity contribution in [2.45, 2.75) is 38.3 Å². The van der Waals surface area contributed by atoms with Crippen molar-refractivity contribution in [2.24, 2.45) is 0 Å². The minimum Gasteiger partial charge on any atom is -0.494 e. The number of ether oxygens (including phenoxy) is 2. The summed E-state index contributed by atoms with van der Waals surface area (Å²) in [6.45, 7) is 2.86. The molecule has 0 saturated heterocycles. The van der Waals surface area contributed by atoms with Crippen molar-refractivity contribution in [2.75, 3.05) is 13.7 Å². The predicted molar refractivity (Wildman–Crippen MR) is 110 cm³/mol. The Morgan fingerprint density at radius 3 is 2.86 bits per heavy atom. The van der Waals surface area contributed by atoms with Crippen LogP contribution in [0.25, 0.3) is 10.9 Å². The molecule has 5 nitrogen and oxygen atoms in total. The fourth-order valence-corrected chi connectivity index (χ4v) is 3.91. The molecule has 2 N–H and O–H groups in total. The van der Waals surface area contributed by atoms with E-state index in [0.29, 0.717) is 13.0 Å². The van der Waals surface area contributed by atoms with E-state index in [4.69, 9.17) is 9.47 Å². The van der Waals surface area contributed by atoms with Gasteiger partial charge in [-0.05, 0) is 35.7 Å². The van der Waals surface area contributed by atoms with Crippen molar-refractivity contribution in [3.63, 3.8) is 0 Å². The lowest BCUT2D eigenvalue weighted by molar-refractivity contribution is -0.143. The number of fused-ring (bicyclic) bond motifs is 3. The molecule has 0 saturated carbocycles. The van der Waals surface area contributed by atoms with Crippen molar-refractivity contribution in [3.05, 3.63) is 65.4 Å². The minimum atomic E-state index is -0.383. The van der Waals surface area contributed by atoms with Gasteiger partial charge in [-0.25, -0.2) is 0 Å². The summed E-state index contributed by atoms with van der Waals surface area (Å²) in [4.78, 5) is 15.9. The molecule has 2 aromatic carbocycles. The number of unbranched alkanes of at least 4 members (excludes halogenated alkanes) is 1. The summed E-state index contributed by atoms with van der Waals surface area (Å²) < 4.78 is 10.9. The van der Waals surface area contributed by atoms with Crippen LogP contribution in [0.1, 0.15) is 42.6 Å². The van der Waals surface area contributed by atoms with Crippen LogP contribution in [0.4, 0.5) is 0 Å². The summed E-state index contributed by atoms with van der Waals surface area (Å²) in [6.07, 6.45) is 2.74. The number of carbonyl (C=O) groups is 1. The second-order valence-electron chi connectivity index (χ2n) is 7.22. The number of nitrogens with one attached hydrogen (secondary N) is 2. The average Bonchev–Trinajstić information content (AvgIpc) is 3.11. The Morgan fingerprint density at radius 2 is 2.04 bits per heavy atom. The smallest absolute Gasteiger partial charge is 0.323 e. The van der Waals surface area contributed by atoms with Crippen LogP contribution in [-0.2, 0) is 16.0 Å². The van der Waals surface area contributed by atoms with E-state index in [0.717, 1.165) is 40.8 Å². The maximum Gasteiger partial charge on any atom is 0.323 e. The molecule has 0 bridgehead atoms. The van der Waals surface area contributed by atoms with E-state index in [1.165, 1.54) is 12.7 Å². The molecule has 1 aromatic heterocycles. The van der Waals surface area contributed by atoms with Gasteiger partial charge in [0.15, 0.2) is 0 Å². The molecule has 2 heterocycles. The van der Waals surface area contributed by atoms with Crippen molar-refractivity contribution < 1.29 is 14.3 Å². The highest BCUT2D eigenvalue weighted by Crippen LogP contribution is 2.36. The van der Waals surface area contributed by atoms with E-state index in [2.05, 4.69) is 41.5 Å². The van der Waals surface area contributed by atoms with Gasteiger partial charge in [-0.15, -0.1) is 0 Å². The van der Waals surface area contributed by atoms with Crippen LogP contribution in [0.3, 0.4) is 0 Å². The zero-order valence-corrected chi connectivity index (χ0v) is 16.3. The molecule has 146 valence electrons. The Bertz CT molecular complexity index is 979. The first-order chi connectivity index (χ1) is 13.7. The fourth-order valence-electron chi connectivity index (χ4n) is 3.91. The standard InChI is InChI=1S/C23H26N2O3/c1-3-4-12-28-16-9-7-8-15(13-16)21-22-18(14-20(25-21)23(26)27-2)17-10-5-6-11-19(17)24-22/h5-11,13,20-21,24-25H,3-4,12,14H2,1-2H3. The third kappa shape index (κ3) is 3.50. The maximum atomic E-state index is 12.3. The van der Waals surface area contributed by atoms with Crippen molar-refractivity contribution in [3.8, 4) is 5.75 Å². The molecule has 1 aliphatic rings. The summed E-state index contributed by atoms with van der Waals surface area (Å²) in [5.74, 6) is 0.613. The molecule has 2 unspecified atom stereocenters. The SMILES string of the molecule is CCCCOc1cccc(C2NC(C(=O)OC)Cc3c2[nH]c2ccccc32)c1. The topological polar surface area (TPSA) is 63.4 Å². The zero-order chi connectivity index (χ0) is 19.5. The Kier molecular flexibility index (Phi) is 5.35. The second-order valence-corrected chi connectivity index (χ2v) is 7.22. The first-order valence-electron chi connectivity index (χ1n) is 9.87. The van der Waals surface area contributed by atoms with Crippen LogP contribution >= 0.6 is 0 Å². The van der Waals surface area contributed by atoms with Crippen LogP contribution in [0.5, 0.6) is 5.75 Å². The molecule has 0 fully saturated rings. The van der Waals surface area contributed by atoms with Crippen LogP contribution in [0.15, 0.2) is 48.5 Å². The van der Waals surface area contributed by atoms with Crippen LogP contribution in [0, 0.1) is 0 Å². The third-order valence-corrected chi connectivity index (χ3v) is 5.36. The van der Waals surface area contributed by atoms with E-state index in [-0.39, 0.29) is 18.1 Å². The molecular weight excluding hydrogens is 352 g/mol. The summed E-state index contributed by atoms with van der Waals surface area (Å²) in [7, 11) is 1.44. The molecular formula is C23H26N2O3. The van der Waals surface area contributed by atoms with Gasteiger partial charge in [-0.1, -0.05) is 43.7 Å². The summed E-state index contributed by atoms with van der Waals surface area (Å²) in [6, 6.07) is 15.8. The Hall–Kier alpha value is -2.79. The van der Waals surface area contributed by atoms with E-state index in [9.17, 15) is 4.79 Å². The average molecular weight is 378 g/mol. The molecule has 1 aliphatic heterocycles. The molecule has 4 rings (SSSR count). The van der Waals surface area contributed by atoms with Crippen LogP contribution in [0.2, 0.25) is 0 Å². The molecule has 28 heavy (non-hydrogen) atoms. The van der Waals surface area contributed by atoms with E-state index >= 15 is 0 Å². The molecule has 2 atom stereocenters. The van der Waals surface area contributed by atoms with Gasteiger partial charge >= 0.3 is 5.97 Å². The summed E-state index contributed by atoms with van der Waals surface area (Å²) in [5.41, 5.74) is 4.43. The quantitative estimate of drug-likeness (QED) is 0.500. The largest absolute Gasteiger partial charge is 0.494 e. The van der Waals surface area contributed by atoms with Gasteiger partial charge in [0.2, 0.25) is 0 Å². The normalized spacial score (nSPS) is 18.6. The van der Waals surface area contributed by atoms with E-state index < -0.39 is 0 Å². The van der Waals surface area contributed by atoms with Crippen molar-refractivity contribution >= 4 is 16.9 Å². The number of rotatable bonds is 6. The lowest BCUT2D eigenvalue weighted by Gasteiger charge is -2.30. The number of methoxy groups -OCH3 is 1. The summed E-state index contributed by atoms with van der Waals surface area (Å²) in [5, 5.41) is 4.63. The number of esters is 1. The third-order valence-electron chi connectivity index (χ3n) is 5.36. The number of hydrogen-bond donors (Lipinski definition) is 2. The number of benzene rings is 2. The minimum absolute atomic E-state index is 0.130. The van der Waals surface area contributed by atoms with Gasteiger partial charge in [0.25, 0.3) is 0 Å². The Balaban J connectivity index is 1.74. The highest BCUT2D eigenvalue weighted by Gasteiger charge is 2.34. The second kappa shape index (κ2) is 8.07. The molecule has 0 aliphatic carbocycles. The van der Waals surface area contributed by atoms with Gasteiger partial charge in [-0.2, -0.15) is 0 Å². The van der Waals surface area contributed by atoms with Crippen molar-refractivity contribution in [1.29, 1.82) is 0 Å². The van der Waals surface area contributed by atoms with Crippen molar-refractivity contribution in [1.82, 2.24) is 10.3 Å². The van der Waals surface area contributed by atoms with Gasteiger partial charge < -0.3 is 14.5 Å². The number of aromatic amines is 1. The first-order valence-corrected chi connectivity index (χ1v) is 9.87. The Morgan fingerprint density at radius 1 is 1.18 bits per heavy atom. The molecule has 3 aromatic rings. The molecule has 0 amide bonds. The van der Waals surface area contributed by atoms with Gasteiger partial charge in [0.1, 0.15) is 11.8 Å². The number of hydrogen-bond acceptors (Lipinski definition) is 4. The van der Waals surface area contributed by atoms with E-state index in [1.807, 2.05) is 24.3 Å². The highest BCUT2D eigenvalue weighted by molar-refractivity contribution is 5.87. The predicted octanol–water partition coefficient (Wildman–Crippen LogP) is 4.12. The van der Waals surface area contributed by atoms with Gasteiger partial charge in [0, 0.05) is 23.0 Å². The highest BCUT2D eigenvalue weighted by atomic mass is 16.5. The maximum absolute atomic E-state index is 12.3. The summed E-state index contributed by atoms with van der Waals surface area (Å²) >= 11 is 0. The number of aromatic nitrogens is 1. The molecule has 0 radical (unpaired) electrons. The van der Waals surface area contributed by atoms with Crippen LogP contribution in [-0.4, -0.2) is 30.7 Å². The lowest BCUT2D eigenvalue weighted by Crippen LogP contribution is -2.45. The first kappa shape index (κ1) is 18.6.